The predicted molar refractivity (Wildman–Crippen MR) is 138 cm³/mol. The van der Waals surface area contributed by atoms with E-state index in [9.17, 15) is 23.6 Å². The molecule has 10 nitrogen and oxygen atoms in total. The summed E-state index contributed by atoms with van der Waals surface area (Å²) in [6.45, 7) is 10.1. The van der Waals surface area contributed by atoms with E-state index in [1.54, 1.807) is 13.8 Å². The zero-order valence-corrected chi connectivity index (χ0v) is 21.3. The first-order valence-corrected chi connectivity index (χ1v) is 12.3. The number of Topliss-reactive ketones (excluding diaryl/α,β-unsaturated/α-hetero) is 2. The lowest BCUT2D eigenvalue weighted by atomic mass is 9.90. The molecule has 37 heavy (non-hydrogen) atoms. The van der Waals surface area contributed by atoms with Crippen LogP contribution in [0, 0.1) is 18.4 Å². The van der Waals surface area contributed by atoms with Gasteiger partial charge < -0.3 is 21.7 Å². The molecule has 200 valence electrons. The van der Waals surface area contributed by atoms with Gasteiger partial charge in [-0.15, -0.1) is 0 Å². The topological polar surface area (TPSA) is 152 Å². The fraction of sp³-hybridized carbons (Fsp3) is 0.538. The van der Waals surface area contributed by atoms with Gasteiger partial charge in [-0.25, -0.2) is 9.24 Å². The number of nitrogens with zero attached hydrogens (tertiary/aromatic N) is 3. The second-order valence-corrected chi connectivity index (χ2v) is 9.46. The van der Waals surface area contributed by atoms with Crippen LogP contribution in [0.3, 0.4) is 0 Å². The number of likely N-dealkylation sites (tertiary alicyclic amines) is 1. The van der Waals surface area contributed by atoms with E-state index in [-0.39, 0.29) is 43.0 Å². The number of hydrogen-bond acceptors (Lipinski definition) is 5. The van der Waals surface area contributed by atoms with Crippen LogP contribution in [0.5, 0.6) is 0 Å². The number of nitrogens with one attached hydrogen (secondary N) is 1. The molecule has 11 heteroatoms. The highest BCUT2D eigenvalue weighted by Gasteiger charge is 2.39. The Morgan fingerprint density at radius 2 is 1.89 bits per heavy atom. The van der Waals surface area contributed by atoms with Crippen molar-refractivity contribution in [1.29, 1.82) is 0 Å². The van der Waals surface area contributed by atoms with Crippen LogP contribution >= 0.6 is 0 Å². The van der Waals surface area contributed by atoms with Gasteiger partial charge in [0, 0.05) is 31.0 Å². The third-order valence-corrected chi connectivity index (χ3v) is 6.43. The molecule has 0 radical (unpaired) electrons. The molecule has 1 aromatic carbocycles. The minimum atomic E-state index is -1.17. The van der Waals surface area contributed by atoms with Crippen LogP contribution in [-0.2, 0) is 14.4 Å². The lowest BCUT2D eigenvalue weighted by Gasteiger charge is -2.31. The maximum Gasteiger partial charge on any atom is 0.251 e. The van der Waals surface area contributed by atoms with Gasteiger partial charge in [0.05, 0.1) is 12.6 Å². The Hall–Kier alpha value is -3.81. The van der Waals surface area contributed by atoms with E-state index in [0.717, 1.165) is 0 Å². The van der Waals surface area contributed by atoms with Crippen LogP contribution in [0.15, 0.2) is 29.3 Å². The molecule has 1 aromatic rings. The standard InChI is InChI=1S/C26H35FN6O4/c1-16(2)23(32-24(36)17-8-10-19(30-3)11-9-17)25(37)33-13-5-7-20(33)21(34)14-18(22(35)15-27)6-4-12-31-26(28)29/h8-11,16,18,20,23H,4-7,12-15H2,1-2H3,(H,32,36)(H4,28,29,31)/t18-,20+,23+/m1/s1. The first-order chi connectivity index (χ1) is 17.6. The van der Waals surface area contributed by atoms with Crippen molar-refractivity contribution in [2.75, 3.05) is 19.8 Å². The number of hydrogen-bond donors (Lipinski definition) is 3. The summed E-state index contributed by atoms with van der Waals surface area (Å²) in [5.41, 5.74) is 11.3. The van der Waals surface area contributed by atoms with Crippen LogP contribution in [0.25, 0.3) is 4.85 Å². The molecular formula is C26H35FN6O4. The number of alkyl halides is 1. The number of halogens is 1. The normalized spacial score (nSPS) is 16.5. The van der Waals surface area contributed by atoms with Gasteiger partial charge in [-0.3, -0.25) is 24.2 Å². The fourth-order valence-electron chi connectivity index (χ4n) is 4.38. The highest BCUT2D eigenvalue weighted by atomic mass is 19.1. The molecule has 0 saturated carbocycles. The summed E-state index contributed by atoms with van der Waals surface area (Å²) in [5.74, 6) is -2.96. The molecule has 2 rings (SSSR count). The molecule has 0 spiro atoms. The summed E-state index contributed by atoms with van der Waals surface area (Å²) in [5, 5.41) is 2.76. The van der Waals surface area contributed by atoms with Crippen molar-refractivity contribution in [2.45, 2.75) is 58.0 Å². The van der Waals surface area contributed by atoms with Gasteiger partial charge >= 0.3 is 0 Å². The summed E-state index contributed by atoms with van der Waals surface area (Å²) in [6.07, 6.45) is 1.53. The summed E-state index contributed by atoms with van der Waals surface area (Å²) in [7, 11) is 0. The van der Waals surface area contributed by atoms with Crippen molar-refractivity contribution in [3.63, 3.8) is 0 Å². The molecule has 0 aromatic heterocycles. The minimum absolute atomic E-state index is 0.0864. The molecule has 0 unspecified atom stereocenters. The highest BCUT2D eigenvalue weighted by Crippen LogP contribution is 2.25. The van der Waals surface area contributed by atoms with Crippen molar-refractivity contribution < 1.29 is 23.6 Å². The van der Waals surface area contributed by atoms with Crippen molar-refractivity contribution in [3.05, 3.63) is 41.2 Å². The SMILES string of the molecule is [C-]#[N+]c1ccc(C(=O)N[C@H](C(=O)N2CCC[C@H]2C(=O)C[C@@H](CCCN=C(N)N)C(=O)CF)C(C)C)cc1. The monoisotopic (exact) mass is 514 g/mol. The van der Waals surface area contributed by atoms with Crippen molar-refractivity contribution in [2.24, 2.45) is 28.3 Å². The van der Waals surface area contributed by atoms with E-state index < -0.39 is 36.4 Å². The third kappa shape index (κ3) is 8.37. The van der Waals surface area contributed by atoms with E-state index in [1.165, 1.54) is 29.2 Å². The summed E-state index contributed by atoms with van der Waals surface area (Å²) in [4.78, 5) is 60.2. The summed E-state index contributed by atoms with van der Waals surface area (Å²) < 4.78 is 13.2. The largest absolute Gasteiger partial charge is 0.370 e. The second-order valence-electron chi connectivity index (χ2n) is 9.46. The van der Waals surface area contributed by atoms with Gasteiger partial charge in [0.2, 0.25) is 5.91 Å². The molecule has 5 N–H and O–H groups in total. The second kappa shape index (κ2) is 14.1. The molecule has 1 aliphatic rings. The van der Waals surface area contributed by atoms with Gasteiger partial charge in [0.25, 0.3) is 5.91 Å². The molecule has 1 saturated heterocycles. The lowest BCUT2D eigenvalue weighted by Crippen LogP contribution is -2.54. The van der Waals surface area contributed by atoms with Crippen LogP contribution in [0.1, 0.15) is 56.3 Å². The molecular weight excluding hydrogens is 479 g/mol. The Labute approximate surface area is 216 Å². The predicted octanol–water partition coefficient (Wildman–Crippen LogP) is 2.15. The van der Waals surface area contributed by atoms with Gasteiger partial charge in [-0.1, -0.05) is 38.1 Å². The molecule has 2 amide bonds. The Bertz CT molecular complexity index is 1050. The van der Waals surface area contributed by atoms with E-state index in [4.69, 9.17) is 18.0 Å². The maximum atomic E-state index is 13.5. The zero-order valence-electron chi connectivity index (χ0n) is 21.3. The van der Waals surface area contributed by atoms with Crippen LogP contribution in [-0.4, -0.2) is 66.1 Å². The number of ketones is 2. The van der Waals surface area contributed by atoms with Gasteiger partial charge in [-0.05, 0) is 31.6 Å². The first kappa shape index (κ1) is 29.4. The number of benzene rings is 1. The molecule has 1 fully saturated rings. The minimum Gasteiger partial charge on any atom is -0.370 e. The Balaban J connectivity index is 2.10. The average molecular weight is 515 g/mol. The molecule has 0 aliphatic carbocycles. The average Bonchev–Trinajstić information content (AvgIpc) is 3.38. The number of carbonyl (C=O) groups excluding carboxylic acids is 4. The summed E-state index contributed by atoms with van der Waals surface area (Å²) in [6, 6.07) is 4.47. The van der Waals surface area contributed by atoms with E-state index >= 15 is 0 Å². The number of nitrogens with two attached hydrogens (primary N) is 2. The number of rotatable bonds is 13. The summed E-state index contributed by atoms with van der Waals surface area (Å²) >= 11 is 0. The first-order valence-electron chi connectivity index (χ1n) is 12.3. The van der Waals surface area contributed by atoms with E-state index in [2.05, 4.69) is 15.2 Å². The zero-order chi connectivity index (χ0) is 27.5. The lowest BCUT2D eigenvalue weighted by molar-refractivity contribution is -0.140. The van der Waals surface area contributed by atoms with E-state index in [0.29, 0.717) is 37.1 Å². The molecule has 0 bridgehead atoms. The quantitative estimate of drug-likeness (QED) is 0.159. The van der Waals surface area contributed by atoms with E-state index in [1.807, 2.05) is 0 Å². The highest BCUT2D eigenvalue weighted by molar-refractivity contribution is 5.99. The van der Waals surface area contributed by atoms with Crippen LogP contribution in [0.4, 0.5) is 10.1 Å². The van der Waals surface area contributed by atoms with Gasteiger partial charge in [0.1, 0.15) is 12.7 Å². The Kier molecular flexibility index (Phi) is 11.2. The maximum absolute atomic E-state index is 13.5. The number of amides is 2. The smallest absolute Gasteiger partial charge is 0.251 e. The van der Waals surface area contributed by atoms with Crippen LogP contribution in [0.2, 0.25) is 0 Å². The molecule has 1 heterocycles. The molecule has 3 atom stereocenters. The van der Waals surface area contributed by atoms with Crippen LogP contribution < -0.4 is 16.8 Å². The van der Waals surface area contributed by atoms with Crippen molar-refractivity contribution in [1.82, 2.24) is 10.2 Å². The van der Waals surface area contributed by atoms with Crippen molar-refractivity contribution in [3.8, 4) is 0 Å². The van der Waals surface area contributed by atoms with Gasteiger partial charge in [-0.2, -0.15) is 0 Å². The third-order valence-electron chi connectivity index (χ3n) is 6.43. The molecule has 1 aliphatic heterocycles. The number of guanidine groups is 1. The Morgan fingerprint density at radius 1 is 1.22 bits per heavy atom. The van der Waals surface area contributed by atoms with Crippen molar-refractivity contribution >= 4 is 35.0 Å². The number of carbonyl (C=O) groups is 4. The Morgan fingerprint density at radius 3 is 2.46 bits per heavy atom. The fourth-order valence-corrected chi connectivity index (χ4v) is 4.38. The number of aliphatic imine (C=N–C) groups is 1. The van der Waals surface area contributed by atoms with Gasteiger partial charge in [0.15, 0.2) is 23.2 Å².